The van der Waals surface area contributed by atoms with Gasteiger partial charge in [0.05, 0.1) is 0 Å². The third-order valence-corrected chi connectivity index (χ3v) is 4.46. The van der Waals surface area contributed by atoms with E-state index in [1.165, 1.54) is 0 Å². The van der Waals surface area contributed by atoms with E-state index in [1.807, 2.05) is 6.26 Å². The summed E-state index contributed by atoms with van der Waals surface area (Å²) >= 11 is 1.57. The number of urea groups is 1. The largest absolute Gasteiger partial charge is 0.480 e. The first-order chi connectivity index (χ1) is 9.93. The summed E-state index contributed by atoms with van der Waals surface area (Å²) in [6.45, 7) is 7.01. The van der Waals surface area contributed by atoms with Crippen molar-refractivity contribution in [1.82, 2.24) is 15.5 Å². The highest BCUT2D eigenvalue weighted by Gasteiger charge is 2.25. The Kier molecular flexibility index (Phi) is 7.88. The summed E-state index contributed by atoms with van der Waals surface area (Å²) in [5, 5.41) is 14.4. The number of carboxylic acid groups (broad SMARTS) is 1. The van der Waals surface area contributed by atoms with Crippen molar-refractivity contribution in [3.05, 3.63) is 0 Å². The van der Waals surface area contributed by atoms with Gasteiger partial charge in [-0.2, -0.15) is 11.8 Å². The van der Waals surface area contributed by atoms with Gasteiger partial charge < -0.3 is 20.6 Å². The summed E-state index contributed by atoms with van der Waals surface area (Å²) in [7, 11) is 0. The highest BCUT2D eigenvalue weighted by molar-refractivity contribution is 7.98. The van der Waals surface area contributed by atoms with Gasteiger partial charge in [0, 0.05) is 19.1 Å². The first-order valence-electron chi connectivity index (χ1n) is 7.44. The number of carbonyl (C=O) groups is 2. The second kappa shape index (κ2) is 9.15. The normalized spacial score (nSPS) is 20.5. The van der Waals surface area contributed by atoms with Crippen molar-refractivity contribution in [3.63, 3.8) is 0 Å². The number of likely N-dealkylation sites (tertiary alicyclic amines) is 1. The molecule has 0 aromatic heterocycles. The van der Waals surface area contributed by atoms with E-state index in [0.717, 1.165) is 19.5 Å². The second-order valence-corrected chi connectivity index (χ2v) is 6.76. The lowest BCUT2D eigenvalue weighted by molar-refractivity contribution is -0.139. The van der Waals surface area contributed by atoms with E-state index in [4.69, 9.17) is 5.11 Å². The lowest BCUT2D eigenvalue weighted by Gasteiger charge is -2.20. The van der Waals surface area contributed by atoms with E-state index in [2.05, 4.69) is 29.4 Å². The van der Waals surface area contributed by atoms with Crippen molar-refractivity contribution in [1.29, 1.82) is 0 Å². The Morgan fingerprint density at radius 1 is 1.43 bits per heavy atom. The van der Waals surface area contributed by atoms with Crippen molar-refractivity contribution in [2.45, 2.75) is 38.8 Å². The van der Waals surface area contributed by atoms with Gasteiger partial charge in [-0.1, -0.05) is 0 Å². The third kappa shape index (κ3) is 6.56. The van der Waals surface area contributed by atoms with Gasteiger partial charge >= 0.3 is 12.0 Å². The van der Waals surface area contributed by atoms with Gasteiger partial charge in [0.1, 0.15) is 6.04 Å². The standard InChI is InChI=1S/C14H27N3O3S/c1-10(2)17-6-4-11(9-17)8-15-14(20)16-12(13(18)19)5-7-21-3/h10-12H,4-9H2,1-3H3,(H,18,19)(H2,15,16,20)/t11?,12-/m0/s1. The van der Waals surface area contributed by atoms with Crippen LogP contribution in [0.2, 0.25) is 0 Å². The molecule has 0 spiro atoms. The molecule has 0 bridgehead atoms. The zero-order valence-corrected chi connectivity index (χ0v) is 13.9. The molecule has 1 aliphatic rings. The number of carboxylic acids is 1. The smallest absolute Gasteiger partial charge is 0.326 e. The Morgan fingerprint density at radius 3 is 2.67 bits per heavy atom. The summed E-state index contributed by atoms with van der Waals surface area (Å²) in [4.78, 5) is 25.2. The lowest BCUT2D eigenvalue weighted by atomic mass is 10.1. The zero-order valence-electron chi connectivity index (χ0n) is 13.1. The van der Waals surface area contributed by atoms with Crippen molar-refractivity contribution in [2.24, 2.45) is 5.92 Å². The number of hydrogen-bond donors (Lipinski definition) is 3. The van der Waals surface area contributed by atoms with E-state index in [0.29, 0.717) is 30.7 Å². The molecule has 0 saturated carbocycles. The predicted octanol–water partition coefficient (Wildman–Crippen LogP) is 1.22. The number of nitrogens with zero attached hydrogens (tertiary/aromatic N) is 1. The van der Waals surface area contributed by atoms with Crippen LogP contribution < -0.4 is 10.6 Å². The van der Waals surface area contributed by atoms with E-state index in [9.17, 15) is 9.59 Å². The Labute approximate surface area is 131 Å². The Bertz CT molecular complexity index is 352. The molecule has 0 aromatic rings. The summed E-state index contributed by atoms with van der Waals surface area (Å²) in [6.07, 6.45) is 3.43. The molecule has 1 aliphatic heterocycles. The van der Waals surface area contributed by atoms with Crippen LogP contribution in [0.4, 0.5) is 4.79 Å². The van der Waals surface area contributed by atoms with E-state index < -0.39 is 12.0 Å². The minimum atomic E-state index is -0.981. The van der Waals surface area contributed by atoms with Crippen LogP contribution >= 0.6 is 11.8 Å². The molecule has 6 nitrogen and oxygen atoms in total. The summed E-state index contributed by atoms with van der Waals surface area (Å²) in [5.74, 6) is 0.183. The van der Waals surface area contributed by atoms with Gasteiger partial charge in [-0.3, -0.25) is 0 Å². The van der Waals surface area contributed by atoms with Gasteiger partial charge in [-0.05, 0) is 51.2 Å². The van der Waals surface area contributed by atoms with Crippen LogP contribution in [0.25, 0.3) is 0 Å². The molecule has 7 heteroatoms. The number of hydrogen-bond acceptors (Lipinski definition) is 4. The molecular weight excluding hydrogens is 290 g/mol. The quantitative estimate of drug-likeness (QED) is 0.627. The van der Waals surface area contributed by atoms with Gasteiger partial charge in [0.25, 0.3) is 0 Å². The highest BCUT2D eigenvalue weighted by atomic mass is 32.2. The maximum Gasteiger partial charge on any atom is 0.326 e. The molecule has 1 saturated heterocycles. The van der Waals surface area contributed by atoms with Gasteiger partial charge in [-0.25, -0.2) is 9.59 Å². The average Bonchev–Trinajstić information content (AvgIpc) is 2.90. The maximum atomic E-state index is 11.8. The van der Waals surface area contributed by atoms with Crippen molar-refractivity contribution in [3.8, 4) is 0 Å². The SMILES string of the molecule is CSCC[C@H](NC(=O)NCC1CCN(C(C)C)C1)C(=O)O. The lowest BCUT2D eigenvalue weighted by Crippen LogP contribution is -2.47. The fourth-order valence-corrected chi connectivity index (χ4v) is 2.91. The molecule has 1 rings (SSSR count). The van der Waals surface area contributed by atoms with Crippen molar-refractivity contribution < 1.29 is 14.7 Å². The Morgan fingerprint density at radius 2 is 2.14 bits per heavy atom. The number of rotatable bonds is 8. The maximum absolute atomic E-state index is 11.8. The van der Waals surface area contributed by atoms with Gasteiger partial charge in [0.2, 0.25) is 0 Å². The summed E-state index contributed by atoms with van der Waals surface area (Å²) < 4.78 is 0. The summed E-state index contributed by atoms with van der Waals surface area (Å²) in [6, 6.07) is -0.661. The van der Waals surface area contributed by atoms with Crippen LogP contribution in [0.5, 0.6) is 0 Å². The topological polar surface area (TPSA) is 81.7 Å². The number of amides is 2. The van der Waals surface area contributed by atoms with E-state index in [1.54, 1.807) is 11.8 Å². The number of nitrogens with one attached hydrogen (secondary N) is 2. The van der Waals surface area contributed by atoms with Crippen LogP contribution in [0, 0.1) is 5.92 Å². The van der Waals surface area contributed by atoms with Crippen LogP contribution in [0.15, 0.2) is 0 Å². The molecule has 21 heavy (non-hydrogen) atoms. The molecule has 2 amide bonds. The first-order valence-corrected chi connectivity index (χ1v) is 8.83. The molecule has 1 heterocycles. The molecule has 2 atom stereocenters. The highest BCUT2D eigenvalue weighted by Crippen LogP contribution is 2.17. The van der Waals surface area contributed by atoms with Crippen LogP contribution in [-0.4, -0.2) is 65.7 Å². The second-order valence-electron chi connectivity index (χ2n) is 5.77. The Balaban J connectivity index is 2.28. The van der Waals surface area contributed by atoms with Crippen LogP contribution in [0.1, 0.15) is 26.7 Å². The van der Waals surface area contributed by atoms with Crippen molar-refractivity contribution in [2.75, 3.05) is 31.6 Å². The minimum Gasteiger partial charge on any atom is -0.480 e. The summed E-state index contributed by atoms with van der Waals surface area (Å²) in [5.41, 5.74) is 0. The fourth-order valence-electron chi connectivity index (χ4n) is 2.44. The molecule has 0 radical (unpaired) electrons. The average molecular weight is 317 g/mol. The van der Waals surface area contributed by atoms with Gasteiger partial charge in [0.15, 0.2) is 0 Å². The number of carbonyl (C=O) groups excluding carboxylic acids is 1. The van der Waals surface area contributed by atoms with Crippen LogP contribution in [-0.2, 0) is 4.79 Å². The molecule has 122 valence electrons. The monoisotopic (exact) mass is 317 g/mol. The molecule has 3 N–H and O–H groups in total. The third-order valence-electron chi connectivity index (χ3n) is 3.81. The van der Waals surface area contributed by atoms with E-state index >= 15 is 0 Å². The molecule has 1 fully saturated rings. The van der Waals surface area contributed by atoms with Crippen LogP contribution in [0.3, 0.4) is 0 Å². The molecule has 0 aliphatic carbocycles. The first kappa shape index (κ1) is 18.1. The van der Waals surface area contributed by atoms with Gasteiger partial charge in [-0.15, -0.1) is 0 Å². The molecule has 0 aromatic carbocycles. The minimum absolute atomic E-state index is 0.383. The fraction of sp³-hybridized carbons (Fsp3) is 0.857. The number of aliphatic carboxylic acids is 1. The van der Waals surface area contributed by atoms with E-state index in [-0.39, 0.29) is 6.03 Å². The van der Waals surface area contributed by atoms with Crippen molar-refractivity contribution >= 4 is 23.8 Å². The predicted molar refractivity (Wildman–Crippen MR) is 85.8 cm³/mol. The molecular formula is C14H27N3O3S. The number of thioether (sulfide) groups is 1. The Hall–Kier alpha value is -0.950. The molecule has 1 unspecified atom stereocenters. The zero-order chi connectivity index (χ0) is 15.8.